The molecule has 0 fully saturated rings. The van der Waals surface area contributed by atoms with E-state index in [0.717, 1.165) is 22.2 Å². The van der Waals surface area contributed by atoms with Crippen molar-refractivity contribution in [2.45, 2.75) is 32.9 Å². The van der Waals surface area contributed by atoms with Gasteiger partial charge in [0.1, 0.15) is 11.4 Å². The number of aliphatic hydroxyl groups excluding tert-OH is 1. The van der Waals surface area contributed by atoms with Crippen LogP contribution in [0.4, 0.5) is 5.95 Å². The lowest BCUT2D eigenvalue weighted by Gasteiger charge is -2.22. The summed E-state index contributed by atoms with van der Waals surface area (Å²) >= 11 is 0. The van der Waals surface area contributed by atoms with Crippen molar-refractivity contribution in [2.75, 3.05) is 12.3 Å². The maximum absolute atomic E-state index is 9.49. The average molecular weight is 378 g/mol. The fourth-order valence-electron chi connectivity index (χ4n) is 2.96. The van der Waals surface area contributed by atoms with Gasteiger partial charge in [-0.3, -0.25) is 4.68 Å². The number of rotatable bonds is 5. The minimum atomic E-state index is -0.457. The molecule has 28 heavy (non-hydrogen) atoms. The first-order valence-corrected chi connectivity index (χ1v) is 8.96. The zero-order chi connectivity index (χ0) is 19.9. The van der Waals surface area contributed by atoms with E-state index in [2.05, 4.69) is 25.4 Å². The van der Waals surface area contributed by atoms with E-state index in [1.54, 1.807) is 9.36 Å². The monoisotopic (exact) mass is 378 g/mol. The van der Waals surface area contributed by atoms with E-state index in [9.17, 15) is 5.11 Å². The molecule has 0 aliphatic rings. The number of anilines is 1. The number of fused-ring (bicyclic) bond motifs is 1. The molecule has 3 heterocycles. The van der Waals surface area contributed by atoms with Gasteiger partial charge in [0.05, 0.1) is 36.1 Å². The maximum atomic E-state index is 9.49. The Hall–Kier alpha value is -3.33. The Balaban J connectivity index is 1.65. The van der Waals surface area contributed by atoms with Crippen molar-refractivity contribution in [3.05, 3.63) is 47.9 Å². The molecule has 0 saturated carbocycles. The standard InChI is InChI=1S/C19H22N8O/c1-12-4-5-14-15(8-12)21-18(20)22-17(14)16-10-26(25-23-16)9-13-6-7-27(24-13)19(2,3)11-28/h4-8,10,28H,9,11H2,1-3H3,(H2,20,21,22). The number of aryl methyl sites for hydroxylation is 1. The van der Waals surface area contributed by atoms with E-state index in [1.807, 2.05) is 57.4 Å². The summed E-state index contributed by atoms with van der Waals surface area (Å²) in [6.45, 7) is 6.31. The SMILES string of the molecule is Cc1ccc2c(-c3cn(Cc4ccn(C(C)(C)CO)n4)nn3)nc(N)nc2c1. The maximum Gasteiger partial charge on any atom is 0.221 e. The van der Waals surface area contributed by atoms with Crippen LogP contribution in [0.3, 0.4) is 0 Å². The lowest BCUT2D eigenvalue weighted by molar-refractivity contribution is 0.151. The largest absolute Gasteiger partial charge is 0.394 e. The lowest BCUT2D eigenvalue weighted by Crippen LogP contribution is -2.31. The fraction of sp³-hybridized carbons (Fsp3) is 0.316. The van der Waals surface area contributed by atoms with Gasteiger partial charge in [0, 0.05) is 11.6 Å². The topological polar surface area (TPSA) is 121 Å². The molecule has 0 atom stereocenters. The predicted octanol–water partition coefficient (Wildman–Crippen LogP) is 1.75. The molecule has 0 bridgehead atoms. The summed E-state index contributed by atoms with van der Waals surface area (Å²) in [6.07, 6.45) is 3.67. The van der Waals surface area contributed by atoms with Crippen molar-refractivity contribution in [3.63, 3.8) is 0 Å². The van der Waals surface area contributed by atoms with Crippen LogP contribution in [-0.2, 0) is 12.1 Å². The van der Waals surface area contributed by atoms with Gasteiger partial charge >= 0.3 is 0 Å². The van der Waals surface area contributed by atoms with Crippen molar-refractivity contribution in [1.82, 2.24) is 34.7 Å². The van der Waals surface area contributed by atoms with Crippen LogP contribution in [0.15, 0.2) is 36.7 Å². The summed E-state index contributed by atoms with van der Waals surface area (Å²) in [7, 11) is 0. The Labute approximate surface area is 161 Å². The molecule has 144 valence electrons. The van der Waals surface area contributed by atoms with Crippen LogP contribution >= 0.6 is 0 Å². The Morgan fingerprint density at radius 2 is 2.00 bits per heavy atom. The summed E-state index contributed by atoms with van der Waals surface area (Å²) in [4.78, 5) is 8.68. The molecular formula is C19H22N8O. The molecule has 0 unspecified atom stereocenters. The zero-order valence-corrected chi connectivity index (χ0v) is 16.0. The molecule has 0 saturated heterocycles. The molecule has 1 aromatic carbocycles. The highest BCUT2D eigenvalue weighted by Crippen LogP contribution is 2.26. The number of aromatic nitrogens is 7. The molecule has 4 rings (SSSR count). The normalized spacial score (nSPS) is 12.0. The minimum absolute atomic E-state index is 0.00325. The highest BCUT2D eigenvalue weighted by molar-refractivity contribution is 5.92. The number of hydrogen-bond acceptors (Lipinski definition) is 7. The third kappa shape index (κ3) is 3.31. The Morgan fingerprint density at radius 3 is 2.79 bits per heavy atom. The summed E-state index contributed by atoms with van der Waals surface area (Å²) in [6, 6.07) is 7.85. The number of nitrogens with zero attached hydrogens (tertiary/aromatic N) is 7. The Morgan fingerprint density at radius 1 is 1.18 bits per heavy atom. The van der Waals surface area contributed by atoms with Crippen LogP contribution in [0.1, 0.15) is 25.1 Å². The van der Waals surface area contributed by atoms with Gasteiger partial charge in [-0.1, -0.05) is 17.3 Å². The quantitative estimate of drug-likeness (QED) is 0.543. The van der Waals surface area contributed by atoms with Gasteiger partial charge in [-0.05, 0) is 38.5 Å². The van der Waals surface area contributed by atoms with Gasteiger partial charge in [0.2, 0.25) is 5.95 Å². The summed E-state index contributed by atoms with van der Waals surface area (Å²) < 4.78 is 3.45. The number of nitrogens with two attached hydrogens (primary N) is 1. The molecule has 9 heteroatoms. The Bertz CT molecular complexity index is 1140. The predicted molar refractivity (Wildman–Crippen MR) is 105 cm³/mol. The molecule has 0 spiro atoms. The van der Waals surface area contributed by atoms with Crippen molar-refractivity contribution in [2.24, 2.45) is 0 Å². The first-order valence-electron chi connectivity index (χ1n) is 8.96. The van der Waals surface area contributed by atoms with E-state index < -0.39 is 5.54 Å². The van der Waals surface area contributed by atoms with Crippen LogP contribution in [0.25, 0.3) is 22.3 Å². The zero-order valence-electron chi connectivity index (χ0n) is 16.0. The second kappa shape index (κ2) is 6.68. The smallest absolute Gasteiger partial charge is 0.221 e. The van der Waals surface area contributed by atoms with Gasteiger partial charge in [0.15, 0.2) is 0 Å². The highest BCUT2D eigenvalue weighted by Gasteiger charge is 2.20. The van der Waals surface area contributed by atoms with Crippen LogP contribution in [0.5, 0.6) is 0 Å². The molecule has 0 aliphatic heterocycles. The number of hydrogen-bond donors (Lipinski definition) is 2. The van der Waals surface area contributed by atoms with Crippen LogP contribution in [0.2, 0.25) is 0 Å². The molecule has 9 nitrogen and oxygen atoms in total. The van der Waals surface area contributed by atoms with Gasteiger partial charge in [-0.15, -0.1) is 5.10 Å². The highest BCUT2D eigenvalue weighted by atomic mass is 16.3. The summed E-state index contributed by atoms with van der Waals surface area (Å²) in [5, 5.41) is 23.4. The minimum Gasteiger partial charge on any atom is -0.394 e. The second-order valence-electron chi connectivity index (χ2n) is 7.47. The van der Waals surface area contributed by atoms with Gasteiger partial charge < -0.3 is 10.8 Å². The first kappa shape index (κ1) is 18.1. The van der Waals surface area contributed by atoms with Crippen LogP contribution < -0.4 is 5.73 Å². The van der Waals surface area contributed by atoms with Gasteiger partial charge in [0.25, 0.3) is 0 Å². The van der Waals surface area contributed by atoms with Gasteiger partial charge in [-0.25, -0.2) is 14.6 Å². The van der Waals surface area contributed by atoms with E-state index in [4.69, 9.17) is 5.73 Å². The van der Waals surface area contributed by atoms with E-state index in [1.165, 1.54) is 0 Å². The molecule has 0 amide bonds. The van der Waals surface area contributed by atoms with Gasteiger partial charge in [-0.2, -0.15) is 5.10 Å². The molecule has 3 N–H and O–H groups in total. The van der Waals surface area contributed by atoms with Crippen molar-refractivity contribution in [1.29, 1.82) is 0 Å². The third-order valence-electron chi connectivity index (χ3n) is 4.63. The number of benzene rings is 1. The fourth-order valence-corrected chi connectivity index (χ4v) is 2.96. The lowest BCUT2D eigenvalue weighted by atomic mass is 10.1. The molecule has 0 radical (unpaired) electrons. The average Bonchev–Trinajstić information content (AvgIpc) is 3.31. The summed E-state index contributed by atoms with van der Waals surface area (Å²) in [5.74, 6) is 0.202. The van der Waals surface area contributed by atoms with E-state index in [0.29, 0.717) is 17.9 Å². The summed E-state index contributed by atoms with van der Waals surface area (Å²) in [5.41, 5.74) is 9.41. The molecular weight excluding hydrogens is 356 g/mol. The van der Waals surface area contributed by atoms with E-state index in [-0.39, 0.29) is 12.6 Å². The molecule has 0 aliphatic carbocycles. The molecule has 3 aromatic heterocycles. The van der Waals surface area contributed by atoms with Crippen molar-refractivity contribution in [3.8, 4) is 11.4 Å². The third-order valence-corrected chi connectivity index (χ3v) is 4.63. The van der Waals surface area contributed by atoms with Crippen molar-refractivity contribution >= 4 is 16.9 Å². The van der Waals surface area contributed by atoms with Crippen LogP contribution in [0, 0.1) is 6.92 Å². The number of nitrogen functional groups attached to an aromatic ring is 1. The number of aliphatic hydroxyl groups is 1. The van der Waals surface area contributed by atoms with E-state index >= 15 is 0 Å². The second-order valence-corrected chi connectivity index (χ2v) is 7.47. The first-order chi connectivity index (χ1) is 13.4. The molecule has 4 aromatic rings. The van der Waals surface area contributed by atoms with Crippen molar-refractivity contribution < 1.29 is 5.11 Å². The van der Waals surface area contributed by atoms with Crippen LogP contribution in [-0.4, -0.2) is 46.5 Å². The Kier molecular flexibility index (Phi) is 4.31.